The number of carbonyl (C=O) groups excluding carboxylic acids is 3. The quantitative estimate of drug-likeness (QED) is 0.160. The zero-order chi connectivity index (χ0) is 20.4. The van der Waals surface area contributed by atoms with Gasteiger partial charge in [0.15, 0.2) is 0 Å². The molecule has 0 rings (SSSR count). The van der Waals surface area contributed by atoms with E-state index < -0.39 is 74.0 Å². The van der Waals surface area contributed by atoms with Crippen LogP contribution in [0.4, 0.5) is 0 Å². The van der Waals surface area contributed by atoms with Crippen LogP contribution in [0.25, 0.3) is 0 Å². The summed E-state index contributed by atoms with van der Waals surface area (Å²) in [4.78, 5) is 30.0. The molecule has 13 nitrogen and oxygen atoms in total. The number of carboxylic acids is 3. The third kappa shape index (κ3) is 11.3. The first-order valence-electron chi connectivity index (χ1n) is 6.59. The van der Waals surface area contributed by atoms with E-state index in [0.29, 0.717) is 0 Å². The van der Waals surface area contributed by atoms with Gasteiger partial charge in [0.25, 0.3) is 0 Å². The van der Waals surface area contributed by atoms with Crippen LogP contribution >= 0.6 is 0 Å². The van der Waals surface area contributed by atoms with E-state index in [1.807, 2.05) is 0 Å². The summed E-state index contributed by atoms with van der Waals surface area (Å²) in [6.45, 7) is -1.45. The van der Waals surface area contributed by atoms with Crippen molar-refractivity contribution in [2.45, 2.75) is 42.9 Å². The third-order valence-electron chi connectivity index (χ3n) is 2.77. The first kappa shape index (κ1) is 29.4. The van der Waals surface area contributed by atoms with Gasteiger partial charge in [0.1, 0.15) is 30.0 Å². The average Bonchev–Trinajstić information content (AvgIpc) is 2.50. The molecule has 0 aromatic rings. The molecule has 0 saturated heterocycles. The molecule has 0 amide bonds. The molecule has 0 fully saturated rings. The van der Waals surface area contributed by atoms with Gasteiger partial charge in [0.2, 0.25) is 0 Å². The molecule has 26 heavy (non-hydrogen) atoms. The van der Waals surface area contributed by atoms with Crippen LogP contribution in [-0.2, 0) is 31.5 Å². The van der Waals surface area contributed by atoms with Crippen molar-refractivity contribution in [2.24, 2.45) is 0 Å². The molecule has 1 radical (unpaired) electrons. The Labute approximate surface area is 157 Å². The van der Waals surface area contributed by atoms with Crippen molar-refractivity contribution in [3.63, 3.8) is 0 Å². The van der Waals surface area contributed by atoms with Gasteiger partial charge < -0.3 is 65.4 Å². The van der Waals surface area contributed by atoms with Gasteiger partial charge in [-0.2, -0.15) is 0 Å². The zero-order valence-electron chi connectivity index (χ0n) is 13.1. The van der Waals surface area contributed by atoms with Gasteiger partial charge in [0.05, 0.1) is 19.2 Å². The molecular weight excluding hydrogens is 408 g/mol. The smallest absolute Gasteiger partial charge is 0.550 e. The number of carboxylic acid groups (broad SMARTS) is 3. The van der Waals surface area contributed by atoms with E-state index in [2.05, 4.69) is 0 Å². The standard InChI is InChI=1S/C6H8O7.C6H14O6.Fe/c7-3(8)1-6(13,5(11)12)2-4(9)10;7-1-3(9)5(11)6(12)4(10)2-8;/h13H,1-2H2,(H,7,8)(H,9,10)(H,11,12);3-12H,1-2H2;/q;;+3/p-3. The summed E-state index contributed by atoms with van der Waals surface area (Å²) in [5.74, 6) is -5.98. The molecule has 4 unspecified atom stereocenters. The fraction of sp³-hybridized carbons (Fsp3) is 0.750. The van der Waals surface area contributed by atoms with Gasteiger partial charge in [-0.25, -0.2) is 0 Å². The molecule has 4 atom stereocenters. The Kier molecular flexibility index (Phi) is 15.6. The van der Waals surface area contributed by atoms with E-state index in [-0.39, 0.29) is 17.1 Å². The van der Waals surface area contributed by atoms with Crippen LogP contribution in [0.2, 0.25) is 0 Å². The maximum Gasteiger partial charge on any atom is 3.00 e. The molecule has 0 aliphatic rings. The predicted molar refractivity (Wildman–Crippen MR) is 67.4 cm³/mol. The summed E-state index contributed by atoms with van der Waals surface area (Å²) < 4.78 is 0. The third-order valence-corrected chi connectivity index (χ3v) is 2.77. The van der Waals surface area contributed by atoms with Crippen LogP contribution in [-0.4, -0.2) is 96.9 Å². The first-order valence-corrected chi connectivity index (χ1v) is 6.59. The Balaban J connectivity index is -0.000000393. The maximum absolute atomic E-state index is 10.1. The maximum atomic E-state index is 10.1. The summed E-state index contributed by atoms with van der Waals surface area (Å²) in [6, 6.07) is 0. The van der Waals surface area contributed by atoms with Crippen molar-refractivity contribution in [1.82, 2.24) is 0 Å². The monoisotopic (exact) mass is 427 g/mol. The van der Waals surface area contributed by atoms with Crippen molar-refractivity contribution < 1.29 is 82.5 Å². The normalized spacial score (nSPS) is 15.3. The van der Waals surface area contributed by atoms with Crippen molar-refractivity contribution in [3.8, 4) is 0 Å². The molecule has 0 heterocycles. The second-order valence-corrected chi connectivity index (χ2v) is 4.90. The van der Waals surface area contributed by atoms with E-state index >= 15 is 0 Å². The summed E-state index contributed by atoms with van der Waals surface area (Å²) >= 11 is 0. The number of aliphatic carboxylic acids is 3. The minimum Gasteiger partial charge on any atom is -0.550 e. The van der Waals surface area contributed by atoms with E-state index in [1.165, 1.54) is 0 Å². The van der Waals surface area contributed by atoms with Crippen molar-refractivity contribution in [2.75, 3.05) is 13.2 Å². The summed E-state index contributed by atoms with van der Waals surface area (Å²) in [6.07, 6.45) is -9.11. The minimum atomic E-state index is -2.97. The SMILES string of the molecule is O=C([O-])CC(O)(CC(=O)[O-])C(=O)[O-].OCC(O)C(O)C(O)C(O)CO.[Fe+3]. The molecule has 7 N–H and O–H groups in total. The second kappa shape index (κ2) is 13.8. The number of rotatable bonds is 10. The fourth-order valence-electron chi connectivity index (χ4n) is 1.36. The molecule has 0 aromatic carbocycles. The average molecular weight is 427 g/mol. The van der Waals surface area contributed by atoms with Crippen LogP contribution in [0.5, 0.6) is 0 Å². The van der Waals surface area contributed by atoms with Gasteiger partial charge in [-0.1, -0.05) is 0 Å². The predicted octanol–water partition coefficient (Wildman–Crippen LogP) is -8.84. The number of aliphatic hydroxyl groups excluding tert-OH is 6. The first-order chi connectivity index (χ1) is 11.3. The van der Waals surface area contributed by atoms with Crippen molar-refractivity contribution in [1.29, 1.82) is 0 Å². The molecule has 153 valence electrons. The molecule has 0 bridgehead atoms. The van der Waals surface area contributed by atoms with E-state index in [4.69, 9.17) is 35.7 Å². The van der Waals surface area contributed by atoms with E-state index in [9.17, 15) is 29.7 Å². The Morgan fingerprint density at radius 1 is 0.769 bits per heavy atom. The Morgan fingerprint density at radius 3 is 1.19 bits per heavy atom. The Bertz CT molecular complexity index is 413. The summed E-state index contributed by atoms with van der Waals surface area (Å²) in [5.41, 5.74) is -2.97. The topological polar surface area (TPSA) is 262 Å². The molecule has 14 heteroatoms. The van der Waals surface area contributed by atoms with Crippen LogP contribution < -0.4 is 15.3 Å². The molecule has 0 spiro atoms. The van der Waals surface area contributed by atoms with Crippen LogP contribution in [0.1, 0.15) is 12.8 Å². The summed E-state index contributed by atoms with van der Waals surface area (Å²) in [5, 5.41) is 91.1. The van der Waals surface area contributed by atoms with Crippen LogP contribution in [0.15, 0.2) is 0 Å². The zero-order valence-corrected chi connectivity index (χ0v) is 14.2. The van der Waals surface area contributed by atoms with Crippen molar-refractivity contribution in [3.05, 3.63) is 0 Å². The van der Waals surface area contributed by atoms with Gasteiger partial charge in [-0.3, -0.25) is 0 Å². The minimum absolute atomic E-state index is 0. The molecular formula is C12H19FeO13. The number of hydrogen-bond donors (Lipinski definition) is 7. The number of hydrogen-bond acceptors (Lipinski definition) is 13. The van der Waals surface area contributed by atoms with Gasteiger partial charge in [-0.15, -0.1) is 0 Å². The largest absolute Gasteiger partial charge is 3.00 e. The summed E-state index contributed by atoms with van der Waals surface area (Å²) in [7, 11) is 0. The Hall–Kier alpha value is -1.35. The van der Waals surface area contributed by atoms with E-state index in [0.717, 1.165) is 0 Å². The van der Waals surface area contributed by atoms with Crippen LogP contribution in [0.3, 0.4) is 0 Å². The molecule has 0 saturated carbocycles. The molecule has 0 aromatic heterocycles. The van der Waals surface area contributed by atoms with E-state index in [1.54, 1.807) is 0 Å². The molecule has 0 aliphatic heterocycles. The van der Waals surface area contributed by atoms with Gasteiger partial charge in [0, 0.05) is 24.8 Å². The molecule has 0 aliphatic carbocycles. The second-order valence-electron chi connectivity index (χ2n) is 4.90. The number of carbonyl (C=O) groups is 3. The van der Waals surface area contributed by atoms with Crippen molar-refractivity contribution >= 4 is 17.9 Å². The van der Waals surface area contributed by atoms with Gasteiger partial charge in [-0.05, 0) is 0 Å². The number of aliphatic hydroxyl groups is 7. The fourth-order valence-corrected chi connectivity index (χ4v) is 1.36. The Morgan fingerprint density at radius 2 is 1.04 bits per heavy atom. The van der Waals surface area contributed by atoms with Gasteiger partial charge >= 0.3 is 17.1 Å². The van der Waals surface area contributed by atoms with Crippen LogP contribution in [0, 0.1) is 0 Å².